The molecule has 0 bridgehead atoms. The molecule has 16 heavy (non-hydrogen) atoms. The van der Waals surface area contributed by atoms with Crippen LogP contribution in [0.25, 0.3) is 0 Å². The molecule has 0 fully saturated rings. The van der Waals surface area contributed by atoms with Gasteiger partial charge in [0.1, 0.15) is 6.33 Å². The van der Waals surface area contributed by atoms with Gasteiger partial charge in [0.2, 0.25) is 0 Å². The molecule has 2 unspecified atom stereocenters. The number of aromatic nitrogens is 3. The summed E-state index contributed by atoms with van der Waals surface area (Å²) in [7, 11) is 1.93. The van der Waals surface area contributed by atoms with Crippen LogP contribution in [0.2, 0.25) is 0 Å². The van der Waals surface area contributed by atoms with Crippen molar-refractivity contribution in [3.63, 3.8) is 0 Å². The molecule has 0 aliphatic carbocycles. The monoisotopic (exact) mass is 242 g/mol. The van der Waals surface area contributed by atoms with E-state index in [1.165, 1.54) is 12.8 Å². The van der Waals surface area contributed by atoms with Gasteiger partial charge in [0.05, 0.1) is 0 Å². The van der Waals surface area contributed by atoms with Gasteiger partial charge in [-0.3, -0.25) is 0 Å². The molecular weight excluding hydrogens is 220 g/mol. The smallest absolute Gasteiger partial charge is 0.186 e. The zero-order valence-electron chi connectivity index (χ0n) is 10.6. The molecule has 92 valence electrons. The van der Waals surface area contributed by atoms with Gasteiger partial charge in [-0.15, -0.1) is 0 Å². The van der Waals surface area contributed by atoms with Crippen LogP contribution in [-0.4, -0.2) is 32.6 Å². The SMILES string of the molecule is CCCC(C)NCC(C)Sc1ncnn1C. The van der Waals surface area contributed by atoms with Gasteiger partial charge in [0.15, 0.2) is 5.16 Å². The van der Waals surface area contributed by atoms with Crippen molar-refractivity contribution in [2.24, 2.45) is 7.05 Å². The van der Waals surface area contributed by atoms with Crippen molar-refractivity contribution in [1.82, 2.24) is 20.1 Å². The average molecular weight is 242 g/mol. The fourth-order valence-electron chi connectivity index (χ4n) is 1.52. The lowest BCUT2D eigenvalue weighted by molar-refractivity contribution is 0.511. The third kappa shape index (κ3) is 4.53. The quantitative estimate of drug-likeness (QED) is 0.743. The molecule has 5 heteroatoms. The highest BCUT2D eigenvalue weighted by Gasteiger charge is 2.09. The summed E-state index contributed by atoms with van der Waals surface area (Å²) in [4.78, 5) is 4.21. The summed E-state index contributed by atoms with van der Waals surface area (Å²) >= 11 is 1.76. The minimum absolute atomic E-state index is 0.516. The van der Waals surface area contributed by atoms with Crippen LogP contribution in [0.5, 0.6) is 0 Å². The fraction of sp³-hybridized carbons (Fsp3) is 0.818. The molecular formula is C11H22N4S. The van der Waals surface area contributed by atoms with E-state index in [0.29, 0.717) is 11.3 Å². The zero-order valence-corrected chi connectivity index (χ0v) is 11.4. The van der Waals surface area contributed by atoms with Crippen LogP contribution < -0.4 is 5.32 Å². The Morgan fingerprint density at radius 2 is 2.25 bits per heavy atom. The third-order valence-corrected chi connectivity index (χ3v) is 3.60. The molecule has 0 saturated carbocycles. The Balaban J connectivity index is 2.26. The number of nitrogens with one attached hydrogen (secondary N) is 1. The highest BCUT2D eigenvalue weighted by atomic mass is 32.2. The van der Waals surface area contributed by atoms with Crippen LogP contribution in [0.1, 0.15) is 33.6 Å². The predicted molar refractivity (Wildman–Crippen MR) is 68.7 cm³/mol. The molecule has 0 saturated heterocycles. The first-order chi connectivity index (χ1) is 7.63. The van der Waals surface area contributed by atoms with Crippen LogP contribution in [0, 0.1) is 0 Å². The number of rotatable bonds is 7. The van der Waals surface area contributed by atoms with Crippen molar-refractivity contribution in [3.8, 4) is 0 Å². The molecule has 1 N–H and O–H groups in total. The Hall–Kier alpha value is -0.550. The lowest BCUT2D eigenvalue weighted by Crippen LogP contribution is -2.31. The molecule has 1 aromatic rings. The summed E-state index contributed by atoms with van der Waals surface area (Å²) < 4.78 is 1.82. The second-order valence-corrected chi connectivity index (χ2v) is 5.60. The van der Waals surface area contributed by atoms with E-state index in [0.717, 1.165) is 11.7 Å². The van der Waals surface area contributed by atoms with E-state index in [1.807, 2.05) is 11.7 Å². The molecule has 4 nitrogen and oxygen atoms in total. The molecule has 1 aromatic heterocycles. The Labute approximate surface area is 102 Å². The Kier molecular flexibility index (Phi) is 5.84. The molecule has 1 rings (SSSR count). The first kappa shape index (κ1) is 13.5. The normalized spacial score (nSPS) is 15.0. The first-order valence-electron chi connectivity index (χ1n) is 5.87. The second kappa shape index (κ2) is 6.91. The lowest BCUT2D eigenvalue weighted by atomic mass is 10.2. The van der Waals surface area contributed by atoms with Crippen LogP contribution in [0.15, 0.2) is 11.5 Å². The minimum atomic E-state index is 0.516. The van der Waals surface area contributed by atoms with E-state index in [-0.39, 0.29) is 0 Å². The Bertz CT molecular complexity index is 300. The first-order valence-corrected chi connectivity index (χ1v) is 6.75. The largest absolute Gasteiger partial charge is 0.313 e. The van der Waals surface area contributed by atoms with E-state index < -0.39 is 0 Å². The van der Waals surface area contributed by atoms with E-state index in [1.54, 1.807) is 18.1 Å². The van der Waals surface area contributed by atoms with Crippen LogP contribution in [-0.2, 0) is 7.05 Å². The van der Waals surface area contributed by atoms with Gasteiger partial charge in [0.25, 0.3) is 0 Å². The summed E-state index contributed by atoms with van der Waals surface area (Å²) in [5, 5.41) is 9.10. The summed E-state index contributed by atoms with van der Waals surface area (Å²) in [5.41, 5.74) is 0. The van der Waals surface area contributed by atoms with E-state index in [9.17, 15) is 0 Å². The van der Waals surface area contributed by atoms with Gasteiger partial charge >= 0.3 is 0 Å². The van der Waals surface area contributed by atoms with Crippen molar-refractivity contribution in [1.29, 1.82) is 0 Å². The highest BCUT2D eigenvalue weighted by molar-refractivity contribution is 7.99. The minimum Gasteiger partial charge on any atom is -0.313 e. The number of aryl methyl sites for hydroxylation is 1. The van der Waals surface area contributed by atoms with Crippen molar-refractivity contribution >= 4 is 11.8 Å². The van der Waals surface area contributed by atoms with Gasteiger partial charge in [-0.2, -0.15) is 5.10 Å². The standard InChI is InChI=1S/C11H22N4S/c1-5-6-9(2)12-7-10(3)16-11-13-8-14-15(11)4/h8-10,12H,5-7H2,1-4H3. The molecule has 0 aromatic carbocycles. The van der Waals surface area contributed by atoms with Gasteiger partial charge in [0, 0.05) is 24.9 Å². The number of hydrogen-bond acceptors (Lipinski definition) is 4. The molecule has 0 amide bonds. The zero-order chi connectivity index (χ0) is 12.0. The molecule has 0 radical (unpaired) electrons. The van der Waals surface area contributed by atoms with Crippen LogP contribution >= 0.6 is 11.8 Å². The maximum absolute atomic E-state index is 4.21. The molecule has 1 heterocycles. The van der Waals surface area contributed by atoms with E-state index >= 15 is 0 Å². The number of hydrogen-bond donors (Lipinski definition) is 1. The predicted octanol–water partition coefficient (Wildman–Crippen LogP) is 2.07. The van der Waals surface area contributed by atoms with Gasteiger partial charge in [-0.25, -0.2) is 9.67 Å². The Morgan fingerprint density at radius 3 is 2.81 bits per heavy atom. The maximum Gasteiger partial charge on any atom is 0.186 e. The summed E-state index contributed by atoms with van der Waals surface area (Å²) in [5.74, 6) is 0. The van der Waals surface area contributed by atoms with E-state index in [4.69, 9.17) is 0 Å². The number of nitrogens with zero attached hydrogens (tertiary/aromatic N) is 3. The van der Waals surface area contributed by atoms with Crippen molar-refractivity contribution in [2.45, 2.75) is 50.1 Å². The number of thioether (sulfide) groups is 1. The van der Waals surface area contributed by atoms with E-state index in [2.05, 4.69) is 36.2 Å². The molecule has 2 atom stereocenters. The van der Waals surface area contributed by atoms with Crippen molar-refractivity contribution < 1.29 is 0 Å². The average Bonchev–Trinajstić information content (AvgIpc) is 2.62. The molecule has 0 spiro atoms. The van der Waals surface area contributed by atoms with Crippen LogP contribution in [0.4, 0.5) is 0 Å². The summed E-state index contributed by atoms with van der Waals surface area (Å²) in [6.45, 7) is 7.68. The molecule has 0 aliphatic heterocycles. The van der Waals surface area contributed by atoms with Gasteiger partial charge in [-0.05, 0) is 13.3 Å². The highest BCUT2D eigenvalue weighted by Crippen LogP contribution is 2.19. The maximum atomic E-state index is 4.21. The Morgan fingerprint density at radius 1 is 1.50 bits per heavy atom. The summed E-state index contributed by atoms with van der Waals surface area (Å²) in [6.07, 6.45) is 4.07. The van der Waals surface area contributed by atoms with Crippen molar-refractivity contribution in [2.75, 3.05) is 6.54 Å². The van der Waals surface area contributed by atoms with Gasteiger partial charge < -0.3 is 5.32 Å². The van der Waals surface area contributed by atoms with Crippen molar-refractivity contribution in [3.05, 3.63) is 6.33 Å². The fourth-order valence-corrected chi connectivity index (χ4v) is 2.36. The van der Waals surface area contributed by atoms with Crippen LogP contribution in [0.3, 0.4) is 0 Å². The third-order valence-electron chi connectivity index (χ3n) is 2.45. The summed E-state index contributed by atoms with van der Waals surface area (Å²) in [6, 6.07) is 0.604. The topological polar surface area (TPSA) is 42.7 Å². The molecule has 0 aliphatic rings. The second-order valence-electron chi connectivity index (χ2n) is 4.19. The lowest BCUT2D eigenvalue weighted by Gasteiger charge is -2.16. The van der Waals surface area contributed by atoms with Gasteiger partial charge in [-0.1, -0.05) is 32.0 Å².